The number of carboxylic acids is 1. The van der Waals surface area contributed by atoms with E-state index in [1.807, 2.05) is 0 Å². The van der Waals surface area contributed by atoms with Crippen molar-refractivity contribution in [3.63, 3.8) is 0 Å². The lowest BCUT2D eigenvalue weighted by molar-refractivity contribution is -0.255. The summed E-state index contributed by atoms with van der Waals surface area (Å²) in [5.74, 6) is -2.22. The Morgan fingerprint density at radius 3 is 2.23 bits per heavy atom. The van der Waals surface area contributed by atoms with Gasteiger partial charge in [0, 0.05) is 23.2 Å². The molecule has 0 N–H and O–H groups in total. The second kappa shape index (κ2) is 3.91. The van der Waals surface area contributed by atoms with E-state index in [1.54, 1.807) is 0 Å². The van der Waals surface area contributed by atoms with Crippen molar-refractivity contribution in [3.8, 4) is 0 Å². The summed E-state index contributed by atoms with van der Waals surface area (Å²) < 4.78 is 2.84. The standard InChI is InChI=1S/C8H6ClNO3/c9-10-7(11)5-3-1-2-4-6(5)8(12)13/h1-4H,(H,10,11)(H,12,13)/p-2. The number of benzene rings is 1. The maximum Gasteiger partial charge on any atom is 0.0721 e. The van der Waals surface area contributed by atoms with E-state index in [1.165, 1.54) is 24.3 Å². The van der Waals surface area contributed by atoms with Crippen LogP contribution in [0.3, 0.4) is 0 Å². The van der Waals surface area contributed by atoms with Gasteiger partial charge < -0.3 is 15.0 Å². The molecule has 1 aromatic rings. The molecule has 0 aromatic heterocycles. The minimum absolute atomic E-state index is 0.0718. The fourth-order valence-corrected chi connectivity index (χ4v) is 0.984. The van der Waals surface area contributed by atoms with E-state index in [2.05, 4.69) is 4.51 Å². The van der Waals surface area contributed by atoms with Gasteiger partial charge in [0.05, 0.1) is 5.97 Å². The minimum Gasteiger partial charge on any atom is -0.857 e. The molecule has 0 amide bonds. The molecule has 1 aromatic carbocycles. The topological polar surface area (TPSA) is 75.5 Å². The van der Waals surface area contributed by atoms with Crippen LogP contribution >= 0.6 is 11.8 Å². The fourth-order valence-electron chi connectivity index (χ4n) is 0.893. The van der Waals surface area contributed by atoms with Crippen LogP contribution < -0.4 is 10.2 Å². The largest absolute Gasteiger partial charge is 0.857 e. The zero-order chi connectivity index (χ0) is 9.84. The maximum atomic E-state index is 10.9. The van der Waals surface area contributed by atoms with Gasteiger partial charge in [-0.05, 0) is 5.56 Å². The van der Waals surface area contributed by atoms with Crippen LogP contribution in [0.25, 0.3) is 0 Å². The summed E-state index contributed by atoms with van der Waals surface area (Å²) in [7, 11) is 0. The average Bonchev–Trinajstić information content (AvgIpc) is 2.16. The van der Waals surface area contributed by atoms with Crippen molar-refractivity contribution in [3.05, 3.63) is 35.4 Å². The lowest BCUT2D eigenvalue weighted by Gasteiger charge is -2.13. The van der Waals surface area contributed by atoms with Gasteiger partial charge in [-0.3, -0.25) is 0 Å². The van der Waals surface area contributed by atoms with Crippen molar-refractivity contribution >= 4 is 23.6 Å². The Labute approximate surface area is 79.2 Å². The Balaban J connectivity index is 3.28. The Hall–Kier alpha value is -1.55. The molecule has 0 aliphatic rings. The van der Waals surface area contributed by atoms with Crippen LogP contribution in [-0.2, 0) is 0 Å². The number of nitrogens with zero attached hydrogens (tertiary/aromatic N) is 1. The molecular weight excluding hydrogens is 194 g/mol. The van der Waals surface area contributed by atoms with E-state index in [0.29, 0.717) is 0 Å². The number of hydrogen-bond donors (Lipinski definition) is 0. The Morgan fingerprint density at radius 2 is 1.77 bits per heavy atom. The first-order chi connectivity index (χ1) is 6.16. The highest BCUT2D eigenvalue weighted by atomic mass is 35.5. The van der Waals surface area contributed by atoms with Crippen LogP contribution in [0.5, 0.6) is 0 Å². The molecule has 0 saturated heterocycles. The molecule has 0 unspecified atom stereocenters. The van der Waals surface area contributed by atoms with E-state index in [0.717, 1.165) is 0 Å². The third-order valence-corrected chi connectivity index (χ3v) is 1.61. The van der Waals surface area contributed by atoms with Gasteiger partial charge in [-0.15, -0.1) is 0 Å². The summed E-state index contributed by atoms with van der Waals surface area (Å²) in [5.41, 5.74) is -0.283. The third-order valence-electron chi connectivity index (χ3n) is 1.45. The summed E-state index contributed by atoms with van der Waals surface area (Å²) in [4.78, 5) is 10.5. The summed E-state index contributed by atoms with van der Waals surface area (Å²) in [6, 6.07) is 5.57. The summed E-state index contributed by atoms with van der Waals surface area (Å²) >= 11 is 4.93. The van der Waals surface area contributed by atoms with Crippen LogP contribution in [0.1, 0.15) is 15.9 Å². The van der Waals surface area contributed by atoms with Crippen molar-refractivity contribution in [2.45, 2.75) is 0 Å². The van der Waals surface area contributed by atoms with E-state index < -0.39 is 11.9 Å². The number of carbonyl (C=O) groups is 1. The summed E-state index contributed by atoms with van der Waals surface area (Å²) in [5, 5.41) is 21.4. The van der Waals surface area contributed by atoms with Gasteiger partial charge in [-0.2, -0.15) is 4.51 Å². The summed E-state index contributed by atoms with van der Waals surface area (Å²) in [6.07, 6.45) is 0. The van der Waals surface area contributed by atoms with Crippen molar-refractivity contribution in [1.29, 1.82) is 0 Å². The molecule has 0 radical (unpaired) electrons. The quantitative estimate of drug-likeness (QED) is 0.465. The lowest BCUT2D eigenvalue weighted by Crippen LogP contribution is -2.28. The molecule has 5 heteroatoms. The highest BCUT2D eigenvalue weighted by Gasteiger charge is 2.01. The van der Waals surface area contributed by atoms with E-state index >= 15 is 0 Å². The minimum atomic E-state index is -1.43. The van der Waals surface area contributed by atoms with Crippen molar-refractivity contribution < 1.29 is 15.0 Å². The zero-order valence-electron chi connectivity index (χ0n) is 6.36. The molecule has 0 aliphatic heterocycles. The average molecular weight is 198 g/mol. The predicted octanol–water partition coefficient (Wildman–Crippen LogP) is -0.689. The van der Waals surface area contributed by atoms with Crippen LogP contribution in [0.4, 0.5) is 0 Å². The molecule has 0 fully saturated rings. The van der Waals surface area contributed by atoms with Crippen molar-refractivity contribution in [1.82, 2.24) is 0 Å². The van der Waals surface area contributed by atoms with E-state index in [-0.39, 0.29) is 11.1 Å². The van der Waals surface area contributed by atoms with Gasteiger partial charge >= 0.3 is 0 Å². The van der Waals surface area contributed by atoms with Gasteiger partial charge in [0.25, 0.3) is 0 Å². The van der Waals surface area contributed by atoms with Crippen LogP contribution in [0.15, 0.2) is 28.8 Å². The normalized spacial score (nSPS) is 11.3. The van der Waals surface area contributed by atoms with Gasteiger partial charge in [0.2, 0.25) is 0 Å². The molecule has 0 saturated carbocycles. The number of carbonyl (C=O) groups excluding carboxylic acids is 1. The number of rotatable bonds is 2. The Kier molecular flexibility index (Phi) is 2.87. The molecule has 13 heavy (non-hydrogen) atoms. The van der Waals surface area contributed by atoms with Gasteiger partial charge in [-0.25, -0.2) is 0 Å². The Morgan fingerprint density at radius 1 is 1.23 bits per heavy atom. The first-order valence-electron chi connectivity index (χ1n) is 3.33. The van der Waals surface area contributed by atoms with Crippen LogP contribution in [0, 0.1) is 0 Å². The highest BCUT2D eigenvalue weighted by Crippen LogP contribution is 2.07. The van der Waals surface area contributed by atoms with Crippen molar-refractivity contribution in [2.75, 3.05) is 0 Å². The zero-order valence-corrected chi connectivity index (χ0v) is 7.12. The molecule has 0 spiro atoms. The van der Waals surface area contributed by atoms with Crippen LogP contribution in [-0.4, -0.2) is 11.9 Å². The molecular formula is C8H4ClNO3-2. The van der Waals surface area contributed by atoms with E-state index in [4.69, 9.17) is 11.8 Å². The summed E-state index contributed by atoms with van der Waals surface area (Å²) in [6.45, 7) is 0. The number of hydrogen-bond acceptors (Lipinski definition) is 4. The highest BCUT2D eigenvalue weighted by molar-refractivity contribution is 6.21. The first-order valence-corrected chi connectivity index (χ1v) is 3.67. The number of aromatic carboxylic acids is 1. The van der Waals surface area contributed by atoms with Gasteiger partial charge in [-0.1, -0.05) is 24.3 Å². The molecule has 4 nitrogen and oxygen atoms in total. The molecule has 0 heterocycles. The molecule has 1 rings (SSSR count). The number of carboxylic acid groups (broad SMARTS) is 1. The lowest BCUT2D eigenvalue weighted by atomic mass is 10.1. The monoisotopic (exact) mass is 197 g/mol. The van der Waals surface area contributed by atoms with Gasteiger partial charge in [0.15, 0.2) is 0 Å². The van der Waals surface area contributed by atoms with Gasteiger partial charge in [0.1, 0.15) is 0 Å². The molecule has 0 atom stereocenters. The maximum absolute atomic E-state index is 10.9. The molecule has 0 aliphatic carbocycles. The van der Waals surface area contributed by atoms with Crippen molar-refractivity contribution in [2.24, 2.45) is 4.51 Å². The number of halogens is 1. The van der Waals surface area contributed by atoms with E-state index in [9.17, 15) is 15.0 Å². The third kappa shape index (κ3) is 1.97. The fraction of sp³-hybridized carbons (Fsp3) is 0. The molecule has 0 bridgehead atoms. The second-order valence-electron chi connectivity index (χ2n) is 2.22. The molecule has 68 valence electrons. The first kappa shape index (κ1) is 9.54. The predicted molar refractivity (Wildman–Crippen MR) is 43.2 cm³/mol. The Bertz CT molecular complexity index is 362. The SMILES string of the molecule is O=C([O-])c1ccccc1/C([O-])=N/Cl. The smallest absolute Gasteiger partial charge is 0.0721 e. The second-order valence-corrected chi connectivity index (χ2v) is 2.39. The van der Waals surface area contributed by atoms with Crippen LogP contribution in [0.2, 0.25) is 0 Å².